The lowest BCUT2D eigenvalue weighted by Gasteiger charge is -2.12. The Bertz CT molecular complexity index is 545. The van der Waals surface area contributed by atoms with Gasteiger partial charge in [-0.15, -0.1) is 0 Å². The minimum atomic E-state index is -0.422. The standard InChI is InChI=1S/C16H20N2O3/c1-12(2)21-15-7-5-4-6-13(15)10-14(11-17)16(19)18-8-9-20-3/h4-7,10,12H,8-9H2,1-3H3,(H,18,19). The number of carbonyl (C=O) groups is 1. The largest absolute Gasteiger partial charge is 0.490 e. The van der Waals surface area contributed by atoms with Gasteiger partial charge >= 0.3 is 0 Å². The van der Waals surface area contributed by atoms with Crippen molar-refractivity contribution in [2.75, 3.05) is 20.3 Å². The Balaban J connectivity index is 2.93. The average Bonchev–Trinajstić information content (AvgIpc) is 2.45. The third kappa shape index (κ3) is 5.67. The third-order valence-electron chi connectivity index (χ3n) is 2.54. The van der Waals surface area contributed by atoms with Crippen molar-refractivity contribution in [1.29, 1.82) is 5.26 Å². The Morgan fingerprint density at radius 3 is 2.76 bits per heavy atom. The summed E-state index contributed by atoms with van der Waals surface area (Å²) in [5.74, 6) is 0.221. The highest BCUT2D eigenvalue weighted by Gasteiger charge is 2.10. The number of carbonyl (C=O) groups excluding carboxylic acids is 1. The Kier molecular flexibility index (Phi) is 6.99. The maximum absolute atomic E-state index is 11.9. The second kappa shape index (κ2) is 8.77. The third-order valence-corrected chi connectivity index (χ3v) is 2.54. The topological polar surface area (TPSA) is 71.3 Å². The van der Waals surface area contributed by atoms with Crippen LogP contribution in [0.4, 0.5) is 0 Å². The fourth-order valence-electron chi connectivity index (χ4n) is 1.63. The van der Waals surface area contributed by atoms with Crippen LogP contribution >= 0.6 is 0 Å². The van der Waals surface area contributed by atoms with Crippen LogP contribution in [0.15, 0.2) is 29.8 Å². The highest BCUT2D eigenvalue weighted by Crippen LogP contribution is 2.22. The Morgan fingerprint density at radius 1 is 1.43 bits per heavy atom. The zero-order valence-corrected chi connectivity index (χ0v) is 12.6. The van der Waals surface area contributed by atoms with E-state index in [2.05, 4.69) is 5.32 Å². The number of ether oxygens (including phenoxy) is 2. The highest BCUT2D eigenvalue weighted by molar-refractivity contribution is 6.01. The Labute approximate surface area is 125 Å². The predicted octanol–water partition coefficient (Wildman–Crippen LogP) is 2.14. The molecule has 0 heterocycles. The van der Waals surface area contributed by atoms with Crippen LogP contribution in [0.1, 0.15) is 19.4 Å². The Hall–Kier alpha value is -2.32. The van der Waals surface area contributed by atoms with Crippen LogP contribution in [-0.2, 0) is 9.53 Å². The summed E-state index contributed by atoms with van der Waals surface area (Å²) in [4.78, 5) is 11.9. The van der Waals surface area contributed by atoms with Crippen molar-refractivity contribution in [2.24, 2.45) is 0 Å². The summed E-state index contributed by atoms with van der Waals surface area (Å²) in [6, 6.07) is 9.20. The maximum Gasteiger partial charge on any atom is 0.262 e. The van der Waals surface area contributed by atoms with Crippen molar-refractivity contribution in [3.8, 4) is 11.8 Å². The predicted molar refractivity (Wildman–Crippen MR) is 80.7 cm³/mol. The normalized spacial score (nSPS) is 11.1. The van der Waals surface area contributed by atoms with Gasteiger partial charge in [0.25, 0.3) is 5.91 Å². The number of para-hydroxylation sites is 1. The molecule has 0 aliphatic heterocycles. The van der Waals surface area contributed by atoms with Crippen LogP contribution in [0.25, 0.3) is 6.08 Å². The lowest BCUT2D eigenvalue weighted by Crippen LogP contribution is -2.27. The number of rotatable bonds is 7. The molecule has 5 heteroatoms. The van der Waals surface area contributed by atoms with Gasteiger partial charge < -0.3 is 14.8 Å². The average molecular weight is 288 g/mol. The molecule has 1 amide bonds. The van der Waals surface area contributed by atoms with Crippen LogP contribution in [0.2, 0.25) is 0 Å². The van der Waals surface area contributed by atoms with Crippen LogP contribution in [0.3, 0.4) is 0 Å². The molecular weight excluding hydrogens is 268 g/mol. The lowest BCUT2D eigenvalue weighted by molar-refractivity contribution is -0.117. The van der Waals surface area contributed by atoms with Crippen LogP contribution in [-0.4, -0.2) is 32.3 Å². The van der Waals surface area contributed by atoms with E-state index in [9.17, 15) is 4.79 Å². The van der Waals surface area contributed by atoms with E-state index in [1.54, 1.807) is 13.2 Å². The molecule has 1 rings (SSSR count). The van der Waals surface area contributed by atoms with E-state index in [1.165, 1.54) is 6.08 Å². The zero-order valence-electron chi connectivity index (χ0n) is 12.6. The molecular formula is C16H20N2O3. The molecule has 0 saturated carbocycles. The molecule has 0 bridgehead atoms. The fourth-order valence-corrected chi connectivity index (χ4v) is 1.63. The highest BCUT2D eigenvalue weighted by atomic mass is 16.5. The van der Waals surface area contributed by atoms with E-state index >= 15 is 0 Å². The molecule has 0 radical (unpaired) electrons. The van der Waals surface area contributed by atoms with Crippen molar-refractivity contribution in [3.63, 3.8) is 0 Å². The van der Waals surface area contributed by atoms with Gasteiger partial charge in [-0.05, 0) is 26.0 Å². The van der Waals surface area contributed by atoms with E-state index in [0.29, 0.717) is 24.5 Å². The van der Waals surface area contributed by atoms with E-state index in [1.807, 2.05) is 38.1 Å². The quantitative estimate of drug-likeness (QED) is 0.474. The molecule has 0 aromatic heterocycles. The van der Waals surface area contributed by atoms with Crippen molar-refractivity contribution in [1.82, 2.24) is 5.32 Å². The first-order valence-corrected chi connectivity index (χ1v) is 6.73. The Morgan fingerprint density at radius 2 is 2.14 bits per heavy atom. The van der Waals surface area contributed by atoms with Crippen LogP contribution in [0.5, 0.6) is 5.75 Å². The molecule has 0 spiro atoms. The van der Waals surface area contributed by atoms with Crippen LogP contribution < -0.4 is 10.1 Å². The summed E-state index contributed by atoms with van der Waals surface area (Å²) in [7, 11) is 1.55. The number of hydrogen-bond acceptors (Lipinski definition) is 4. The van der Waals surface area contributed by atoms with Crippen LogP contribution in [0, 0.1) is 11.3 Å². The first-order chi connectivity index (χ1) is 10.1. The summed E-state index contributed by atoms with van der Waals surface area (Å²) in [6.45, 7) is 4.60. The number of methoxy groups -OCH3 is 1. The van der Waals surface area contributed by atoms with Crippen molar-refractivity contribution < 1.29 is 14.3 Å². The van der Waals surface area contributed by atoms with E-state index in [4.69, 9.17) is 14.7 Å². The first-order valence-electron chi connectivity index (χ1n) is 6.73. The van der Waals surface area contributed by atoms with E-state index in [-0.39, 0.29) is 11.7 Å². The molecule has 21 heavy (non-hydrogen) atoms. The van der Waals surface area contributed by atoms with Gasteiger partial charge in [-0.2, -0.15) is 5.26 Å². The minimum Gasteiger partial charge on any atom is -0.490 e. The van der Waals surface area contributed by atoms with E-state index < -0.39 is 5.91 Å². The zero-order chi connectivity index (χ0) is 15.7. The number of nitrogens with one attached hydrogen (secondary N) is 1. The molecule has 0 aliphatic rings. The number of hydrogen-bond donors (Lipinski definition) is 1. The summed E-state index contributed by atoms with van der Waals surface area (Å²) < 4.78 is 10.5. The molecule has 112 valence electrons. The molecule has 0 fully saturated rings. The van der Waals surface area contributed by atoms with Gasteiger partial charge in [0, 0.05) is 19.2 Å². The molecule has 5 nitrogen and oxygen atoms in total. The van der Waals surface area contributed by atoms with Crippen molar-refractivity contribution >= 4 is 12.0 Å². The second-order valence-corrected chi connectivity index (χ2v) is 4.62. The summed E-state index contributed by atoms with van der Waals surface area (Å²) >= 11 is 0. The lowest BCUT2D eigenvalue weighted by atomic mass is 10.1. The number of benzene rings is 1. The van der Waals surface area contributed by atoms with Crippen molar-refractivity contribution in [3.05, 3.63) is 35.4 Å². The van der Waals surface area contributed by atoms with Gasteiger partial charge in [0.2, 0.25) is 0 Å². The molecule has 0 saturated heterocycles. The molecule has 1 N–H and O–H groups in total. The summed E-state index contributed by atoms with van der Waals surface area (Å²) in [5.41, 5.74) is 0.732. The minimum absolute atomic E-state index is 0.0145. The number of nitriles is 1. The molecule has 0 atom stereocenters. The molecule has 0 aliphatic carbocycles. The van der Waals surface area contributed by atoms with Gasteiger partial charge in [-0.3, -0.25) is 4.79 Å². The summed E-state index contributed by atoms with van der Waals surface area (Å²) in [6.07, 6.45) is 1.54. The molecule has 0 unspecified atom stereocenters. The maximum atomic E-state index is 11.9. The first kappa shape index (κ1) is 16.7. The summed E-state index contributed by atoms with van der Waals surface area (Å²) in [5, 5.41) is 11.8. The second-order valence-electron chi connectivity index (χ2n) is 4.62. The van der Waals surface area contributed by atoms with Gasteiger partial charge in [0.05, 0.1) is 12.7 Å². The molecule has 1 aromatic carbocycles. The number of nitrogens with zero attached hydrogens (tertiary/aromatic N) is 1. The van der Waals surface area contributed by atoms with Gasteiger partial charge in [-0.25, -0.2) is 0 Å². The van der Waals surface area contributed by atoms with Gasteiger partial charge in [-0.1, -0.05) is 18.2 Å². The van der Waals surface area contributed by atoms with Gasteiger partial charge in [0.15, 0.2) is 0 Å². The fraction of sp³-hybridized carbons (Fsp3) is 0.375. The molecule has 1 aromatic rings. The van der Waals surface area contributed by atoms with Crippen molar-refractivity contribution in [2.45, 2.75) is 20.0 Å². The number of amides is 1. The monoisotopic (exact) mass is 288 g/mol. The van der Waals surface area contributed by atoms with E-state index in [0.717, 1.165) is 0 Å². The smallest absolute Gasteiger partial charge is 0.262 e. The SMILES string of the molecule is COCCNC(=O)C(C#N)=Cc1ccccc1OC(C)C. The van der Waals surface area contributed by atoms with Gasteiger partial charge in [0.1, 0.15) is 17.4 Å².